The van der Waals surface area contributed by atoms with Crippen LogP contribution in [0.25, 0.3) is 0 Å². The number of halogens is 2. The zero-order valence-electron chi connectivity index (χ0n) is 11.1. The van der Waals surface area contributed by atoms with Crippen molar-refractivity contribution >= 4 is 5.78 Å². The van der Waals surface area contributed by atoms with E-state index in [1.165, 1.54) is 31.9 Å². The van der Waals surface area contributed by atoms with Crippen LogP contribution < -0.4 is 5.32 Å². The maximum Gasteiger partial charge on any atom is 0.169 e. The van der Waals surface area contributed by atoms with E-state index in [4.69, 9.17) is 0 Å². The molecule has 2 nitrogen and oxygen atoms in total. The Morgan fingerprint density at radius 1 is 1.32 bits per heavy atom. The standard InChI is InChI=1S/C15H19F2NO/c1-10-5-7-12(15(17)14(10)16)13(19)8-6-11-4-2-3-9-18-11/h5,7,11,18H,2-4,6,8-9H2,1H3. The van der Waals surface area contributed by atoms with E-state index in [9.17, 15) is 13.6 Å². The van der Waals surface area contributed by atoms with Crippen LogP contribution in [0.2, 0.25) is 0 Å². The molecule has 0 spiro atoms. The van der Waals surface area contributed by atoms with Gasteiger partial charge in [-0.2, -0.15) is 0 Å². The SMILES string of the molecule is Cc1ccc(C(=O)CCC2CCCCN2)c(F)c1F. The van der Waals surface area contributed by atoms with Crippen LogP contribution in [0.5, 0.6) is 0 Å². The molecule has 1 fully saturated rings. The summed E-state index contributed by atoms with van der Waals surface area (Å²) in [7, 11) is 0. The van der Waals surface area contributed by atoms with Crippen molar-refractivity contribution in [2.45, 2.75) is 45.1 Å². The number of nitrogens with one attached hydrogen (secondary N) is 1. The van der Waals surface area contributed by atoms with Crippen molar-refractivity contribution < 1.29 is 13.6 Å². The van der Waals surface area contributed by atoms with Crippen LogP contribution >= 0.6 is 0 Å². The Labute approximate surface area is 112 Å². The van der Waals surface area contributed by atoms with Crippen molar-refractivity contribution in [2.75, 3.05) is 6.54 Å². The molecule has 0 aliphatic carbocycles. The van der Waals surface area contributed by atoms with Crippen molar-refractivity contribution in [1.29, 1.82) is 0 Å². The van der Waals surface area contributed by atoms with Crippen molar-refractivity contribution in [3.8, 4) is 0 Å². The molecule has 19 heavy (non-hydrogen) atoms. The topological polar surface area (TPSA) is 29.1 Å². The van der Waals surface area contributed by atoms with E-state index < -0.39 is 11.6 Å². The second-order valence-electron chi connectivity index (χ2n) is 5.17. The highest BCUT2D eigenvalue weighted by Gasteiger charge is 2.19. The first kappa shape index (κ1) is 14.1. The smallest absolute Gasteiger partial charge is 0.169 e. The van der Waals surface area contributed by atoms with Gasteiger partial charge >= 0.3 is 0 Å². The lowest BCUT2D eigenvalue weighted by atomic mass is 9.97. The molecule has 104 valence electrons. The number of benzene rings is 1. The Bertz CT molecular complexity index is 467. The molecular formula is C15H19F2NO. The van der Waals surface area contributed by atoms with E-state index in [1.807, 2.05) is 0 Å². The molecule has 0 aromatic heterocycles. The number of rotatable bonds is 4. The van der Waals surface area contributed by atoms with Gasteiger partial charge in [0.2, 0.25) is 0 Å². The Kier molecular flexibility index (Phi) is 4.64. The van der Waals surface area contributed by atoms with Crippen LogP contribution in [0.15, 0.2) is 12.1 Å². The molecule has 0 bridgehead atoms. The average Bonchev–Trinajstić information content (AvgIpc) is 2.43. The summed E-state index contributed by atoms with van der Waals surface area (Å²) < 4.78 is 27.1. The van der Waals surface area contributed by atoms with Crippen LogP contribution in [-0.2, 0) is 0 Å². The Balaban J connectivity index is 1.98. The number of hydrogen-bond acceptors (Lipinski definition) is 2. The Morgan fingerprint density at radius 2 is 2.11 bits per heavy atom. The van der Waals surface area contributed by atoms with Gasteiger partial charge in [0.1, 0.15) is 0 Å². The van der Waals surface area contributed by atoms with E-state index >= 15 is 0 Å². The van der Waals surface area contributed by atoms with Crippen molar-refractivity contribution in [2.24, 2.45) is 0 Å². The minimum Gasteiger partial charge on any atom is -0.314 e. The number of piperidine rings is 1. The first-order chi connectivity index (χ1) is 9.09. The zero-order valence-corrected chi connectivity index (χ0v) is 11.1. The van der Waals surface area contributed by atoms with Gasteiger partial charge in [-0.3, -0.25) is 4.79 Å². The van der Waals surface area contributed by atoms with Gasteiger partial charge in [-0.15, -0.1) is 0 Å². The molecule has 1 saturated heterocycles. The quantitative estimate of drug-likeness (QED) is 0.847. The first-order valence-electron chi connectivity index (χ1n) is 6.81. The number of carbonyl (C=O) groups is 1. The zero-order chi connectivity index (χ0) is 13.8. The van der Waals surface area contributed by atoms with Crippen LogP contribution in [-0.4, -0.2) is 18.4 Å². The van der Waals surface area contributed by atoms with Crippen molar-refractivity contribution in [3.05, 3.63) is 34.9 Å². The highest BCUT2D eigenvalue weighted by molar-refractivity contribution is 5.96. The summed E-state index contributed by atoms with van der Waals surface area (Å²) in [6.45, 7) is 2.46. The summed E-state index contributed by atoms with van der Waals surface area (Å²) in [5.74, 6) is -2.24. The highest BCUT2D eigenvalue weighted by atomic mass is 19.2. The van der Waals surface area contributed by atoms with E-state index in [0.29, 0.717) is 12.5 Å². The summed E-state index contributed by atoms with van der Waals surface area (Å²) in [4.78, 5) is 11.9. The molecule has 0 radical (unpaired) electrons. The molecule has 1 atom stereocenters. The molecule has 1 unspecified atom stereocenters. The lowest BCUT2D eigenvalue weighted by Gasteiger charge is -2.23. The third-order valence-corrected chi connectivity index (χ3v) is 3.71. The summed E-state index contributed by atoms with van der Waals surface area (Å²) in [6, 6.07) is 3.16. The van der Waals surface area contributed by atoms with Gasteiger partial charge in [-0.05, 0) is 44.4 Å². The summed E-state index contributed by atoms with van der Waals surface area (Å²) in [5.41, 5.74) is 0.0990. The Morgan fingerprint density at radius 3 is 2.79 bits per heavy atom. The average molecular weight is 267 g/mol. The molecular weight excluding hydrogens is 248 g/mol. The van der Waals surface area contributed by atoms with E-state index in [1.54, 1.807) is 0 Å². The van der Waals surface area contributed by atoms with Gasteiger partial charge in [-0.1, -0.05) is 12.5 Å². The monoisotopic (exact) mass is 267 g/mol. The first-order valence-corrected chi connectivity index (χ1v) is 6.81. The maximum atomic E-state index is 13.7. The summed E-state index contributed by atoms with van der Waals surface area (Å²) >= 11 is 0. The van der Waals surface area contributed by atoms with Gasteiger partial charge in [0, 0.05) is 12.5 Å². The van der Waals surface area contributed by atoms with Crippen molar-refractivity contribution in [3.63, 3.8) is 0 Å². The fraction of sp³-hybridized carbons (Fsp3) is 0.533. The summed E-state index contributed by atoms with van der Waals surface area (Å²) in [6.07, 6.45) is 4.34. The predicted molar refractivity (Wildman–Crippen MR) is 70.3 cm³/mol. The van der Waals surface area contributed by atoms with Crippen LogP contribution in [0.1, 0.15) is 48.0 Å². The van der Waals surface area contributed by atoms with Gasteiger partial charge in [0.15, 0.2) is 17.4 Å². The van der Waals surface area contributed by atoms with Gasteiger partial charge in [-0.25, -0.2) is 8.78 Å². The van der Waals surface area contributed by atoms with Crippen LogP contribution in [0, 0.1) is 18.6 Å². The molecule has 4 heteroatoms. The fourth-order valence-corrected chi connectivity index (χ4v) is 2.47. The summed E-state index contributed by atoms with van der Waals surface area (Å²) in [5, 5.41) is 3.34. The number of hydrogen-bond donors (Lipinski definition) is 1. The minimum absolute atomic E-state index is 0.126. The third-order valence-electron chi connectivity index (χ3n) is 3.71. The molecule has 1 heterocycles. The van der Waals surface area contributed by atoms with Crippen LogP contribution in [0.4, 0.5) is 8.78 Å². The number of aryl methyl sites for hydroxylation is 1. The van der Waals surface area contributed by atoms with Crippen molar-refractivity contribution in [1.82, 2.24) is 5.32 Å². The van der Waals surface area contributed by atoms with Crippen LogP contribution in [0.3, 0.4) is 0 Å². The number of Topliss-reactive ketones (excluding diaryl/α,β-unsaturated/α-hetero) is 1. The second-order valence-corrected chi connectivity index (χ2v) is 5.17. The van der Waals surface area contributed by atoms with E-state index in [0.717, 1.165) is 13.0 Å². The van der Waals surface area contributed by atoms with Gasteiger partial charge < -0.3 is 5.32 Å². The molecule has 2 rings (SSSR count). The van der Waals surface area contributed by atoms with E-state index in [-0.39, 0.29) is 23.3 Å². The minimum atomic E-state index is -1.01. The van der Waals surface area contributed by atoms with Gasteiger partial charge in [0.05, 0.1) is 5.56 Å². The van der Waals surface area contributed by atoms with Gasteiger partial charge in [0.25, 0.3) is 0 Å². The number of ketones is 1. The molecule has 1 aromatic carbocycles. The molecule has 0 amide bonds. The normalized spacial score (nSPS) is 19.4. The molecule has 1 aliphatic rings. The highest BCUT2D eigenvalue weighted by Crippen LogP contribution is 2.19. The van der Waals surface area contributed by atoms with E-state index in [2.05, 4.69) is 5.32 Å². The molecule has 1 aromatic rings. The lowest BCUT2D eigenvalue weighted by Crippen LogP contribution is -2.34. The molecule has 1 aliphatic heterocycles. The molecule has 0 saturated carbocycles. The third kappa shape index (κ3) is 3.38. The largest absolute Gasteiger partial charge is 0.314 e. The lowest BCUT2D eigenvalue weighted by molar-refractivity contribution is 0.0969. The maximum absolute atomic E-state index is 13.7. The Hall–Kier alpha value is -1.29. The fourth-order valence-electron chi connectivity index (χ4n) is 2.47. The molecule has 1 N–H and O–H groups in total. The number of carbonyl (C=O) groups excluding carboxylic acids is 1. The predicted octanol–water partition coefficient (Wildman–Crippen LogP) is 3.38. The second kappa shape index (κ2) is 6.24.